The number of anilines is 1. The second-order valence-corrected chi connectivity index (χ2v) is 7.71. The highest BCUT2D eigenvalue weighted by molar-refractivity contribution is 9.10. The fourth-order valence-electron chi connectivity index (χ4n) is 1.57. The average Bonchev–Trinajstić information content (AvgIpc) is 2.29. The van der Waals surface area contributed by atoms with Crippen molar-refractivity contribution < 1.29 is 8.42 Å². The topological polar surface area (TPSA) is 72.2 Å². The van der Waals surface area contributed by atoms with E-state index < -0.39 is 10.0 Å². The molecular weight excluding hydrogens is 352 g/mol. The van der Waals surface area contributed by atoms with Gasteiger partial charge in [0, 0.05) is 17.3 Å². The number of hydrogen-bond acceptors (Lipinski definition) is 3. The summed E-state index contributed by atoms with van der Waals surface area (Å²) < 4.78 is 27.2. The van der Waals surface area contributed by atoms with Crippen LogP contribution in [0.5, 0.6) is 0 Å². The third-order valence-electron chi connectivity index (χ3n) is 2.57. The summed E-state index contributed by atoms with van der Waals surface area (Å²) in [5.41, 5.74) is 5.99. The van der Waals surface area contributed by atoms with Gasteiger partial charge in [-0.05, 0) is 46.8 Å². The summed E-state index contributed by atoms with van der Waals surface area (Å²) >= 11 is 9.02. The molecule has 1 aromatic carbocycles. The molecule has 3 N–H and O–H groups in total. The van der Waals surface area contributed by atoms with Gasteiger partial charge in [0.1, 0.15) is 0 Å². The van der Waals surface area contributed by atoms with Crippen molar-refractivity contribution in [1.29, 1.82) is 0 Å². The molecule has 7 heteroatoms. The van der Waals surface area contributed by atoms with Gasteiger partial charge in [-0.2, -0.15) is 0 Å². The van der Waals surface area contributed by atoms with E-state index in [1.54, 1.807) is 0 Å². The minimum atomic E-state index is -3.60. The SMILES string of the molecule is CC(C)CCCNS(=O)(=O)c1cc(Cl)cc(N)c1Br. The van der Waals surface area contributed by atoms with Crippen molar-refractivity contribution in [2.24, 2.45) is 5.92 Å². The average molecular weight is 370 g/mol. The molecule has 0 unspecified atom stereocenters. The fraction of sp³-hybridized carbons (Fsp3) is 0.500. The summed E-state index contributed by atoms with van der Waals surface area (Å²) in [5, 5.41) is 0.295. The molecule has 0 bridgehead atoms. The van der Waals surface area contributed by atoms with Crippen molar-refractivity contribution in [2.75, 3.05) is 12.3 Å². The molecule has 0 heterocycles. The van der Waals surface area contributed by atoms with Crippen LogP contribution in [0.25, 0.3) is 0 Å². The Hall–Kier alpha value is -0.300. The minimum Gasteiger partial charge on any atom is -0.398 e. The second kappa shape index (κ2) is 6.92. The maximum atomic E-state index is 12.1. The molecule has 4 nitrogen and oxygen atoms in total. The number of sulfonamides is 1. The standard InChI is InChI=1S/C12H18BrClN2O2S/c1-8(2)4-3-5-16-19(17,18)11-7-9(14)6-10(15)12(11)13/h6-8,16H,3-5,15H2,1-2H3. The summed E-state index contributed by atoms with van der Waals surface area (Å²) in [5.74, 6) is 0.554. The first kappa shape index (κ1) is 16.8. The van der Waals surface area contributed by atoms with E-state index in [4.69, 9.17) is 17.3 Å². The van der Waals surface area contributed by atoms with Gasteiger partial charge in [0.15, 0.2) is 0 Å². The first-order valence-electron chi connectivity index (χ1n) is 5.98. The number of benzene rings is 1. The Labute approximate surface area is 127 Å². The lowest BCUT2D eigenvalue weighted by Crippen LogP contribution is -2.25. The summed E-state index contributed by atoms with van der Waals surface area (Å²) in [4.78, 5) is 0.0713. The third-order valence-corrected chi connectivity index (χ3v) is 5.42. The highest BCUT2D eigenvalue weighted by atomic mass is 79.9. The van der Waals surface area contributed by atoms with Crippen LogP contribution in [0.15, 0.2) is 21.5 Å². The van der Waals surface area contributed by atoms with Crippen LogP contribution in [0.3, 0.4) is 0 Å². The quantitative estimate of drug-likeness (QED) is 0.596. The fourth-order valence-corrected chi connectivity index (χ4v) is 3.94. The number of nitrogens with two attached hydrogens (primary N) is 1. The van der Waals surface area contributed by atoms with E-state index >= 15 is 0 Å². The number of nitrogen functional groups attached to an aromatic ring is 1. The lowest BCUT2D eigenvalue weighted by molar-refractivity contribution is 0.539. The Balaban J connectivity index is 2.83. The van der Waals surface area contributed by atoms with Crippen molar-refractivity contribution in [3.63, 3.8) is 0 Å². The maximum absolute atomic E-state index is 12.1. The largest absolute Gasteiger partial charge is 0.398 e. The van der Waals surface area contributed by atoms with E-state index in [0.29, 0.717) is 27.6 Å². The van der Waals surface area contributed by atoms with Crippen molar-refractivity contribution in [3.8, 4) is 0 Å². The van der Waals surface area contributed by atoms with Crippen LogP contribution in [0.4, 0.5) is 5.69 Å². The van der Waals surface area contributed by atoms with E-state index in [9.17, 15) is 8.42 Å². The van der Waals surface area contributed by atoms with Crippen LogP contribution >= 0.6 is 27.5 Å². The highest BCUT2D eigenvalue weighted by Gasteiger charge is 2.19. The maximum Gasteiger partial charge on any atom is 0.241 e. The van der Waals surface area contributed by atoms with Crippen LogP contribution in [0.1, 0.15) is 26.7 Å². The molecule has 0 aliphatic carbocycles. The van der Waals surface area contributed by atoms with E-state index in [1.165, 1.54) is 12.1 Å². The van der Waals surface area contributed by atoms with Crippen molar-refractivity contribution in [2.45, 2.75) is 31.6 Å². The van der Waals surface area contributed by atoms with Gasteiger partial charge in [-0.15, -0.1) is 0 Å². The molecule has 1 rings (SSSR count). The molecule has 0 saturated carbocycles. The number of nitrogens with one attached hydrogen (secondary N) is 1. The van der Waals surface area contributed by atoms with Crippen molar-refractivity contribution in [1.82, 2.24) is 4.72 Å². The zero-order chi connectivity index (χ0) is 14.6. The van der Waals surface area contributed by atoms with Crippen LogP contribution in [-0.4, -0.2) is 15.0 Å². The van der Waals surface area contributed by atoms with Gasteiger partial charge < -0.3 is 5.73 Å². The molecule has 0 atom stereocenters. The Morgan fingerprint density at radius 3 is 2.63 bits per heavy atom. The number of hydrogen-bond donors (Lipinski definition) is 2. The predicted molar refractivity (Wildman–Crippen MR) is 82.8 cm³/mol. The molecular formula is C12H18BrClN2O2S. The van der Waals surface area contributed by atoms with E-state index in [0.717, 1.165) is 12.8 Å². The normalized spacial score (nSPS) is 12.1. The first-order valence-corrected chi connectivity index (χ1v) is 8.63. The van der Waals surface area contributed by atoms with Gasteiger partial charge in [0.2, 0.25) is 10.0 Å². The Kier molecular flexibility index (Phi) is 6.11. The minimum absolute atomic E-state index is 0.0713. The van der Waals surface area contributed by atoms with Crippen molar-refractivity contribution >= 4 is 43.2 Å². The molecule has 0 aliphatic heterocycles. The highest BCUT2D eigenvalue weighted by Crippen LogP contribution is 2.31. The van der Waals surface area contributed by atoms with Crippen molar-refractivity contribution in [3.05, 3.63) is 21.6 Å². The Morgan fingerprint density at radius 2 is 2.05 bits per heavy atom. The predicted octanol–water partition coefficient (Wildman–Crippen LogP) is 3.40. The first-order chi connectivity index (χ1) is 8.74. The summed E-state index contributed by atoms with van der Waals surface area (Å²) in [6.07, 6.45) is 1.77. The van der Waals surface area contributed by atoms with Gasteiger partial charge in [-0.25, -0.2) is 13.1 Å². The third kappa shape index (κ3) is 4.95. The van der Waals surface area contributed by atoms with Crippen LogP contribution in [0, 0.1) is 5.92 Å². The van der Waals surface area contributed by atoms with Crippen LogP contribution < -0.4 is 10.5 Å². The van der Waals surface area contributed by atoms with Gasteiger partial charge in [0.05, 0.1) is 9.37 Å². The lowest BCUT2D eigenvalue weighted by atomic mass is 10.1. The number of halogens is 2. The lowest BCUT2D eigenvalue weighted by Gasteiger charge is -2.11. The summed E-state index contributed by atoms with van der Waals surface area (Å²) in [6, 6.07) is 2.89. The summed E-state index contributed by atoms with van der Waals surface area (Å²) in [7, 11) is -3.60. The van der Waals surface area contributed by atoms with Gasteiger partial charge in [0.25, 0.3) is 0 Å². The number of rotatable bonds is 6. The molecule has 0 spiro atoms. The molecule has 1 aromatic rings. The molecule has 19 heavy (non-hydrogen) atoms. The smallest absolute Gasteiger partial charge is 0.241 e. The van der Waals surface area contributed by atoms with E-state index in [1.807, 2.05) is 0 Å². The van der Waals surface area contributed by atoms with Gasteiger partial charge in [-0.3, -0.25) is 0 Å². The van der Waals surface area contributed by atoms with E-state index in [2.05, 4.69) is 34.5 Å². The summed E-state index contributed by atoms with van der Waals surface area (Å²) in [6.45, 7) is 4.60. The second-order valence-electron chi connectivity index (χ2n) is 4.74. The molecule has 0 aliphatic rings. The van der Waals surface area contributed by atoms with Crippen LogP contribution in [0.2, 0.25) is 5.02 Å². The van der Waals surface area contributed by atoms with E-state index in [-0.39, 0.29) is 4.90 Å². The zero-order valence-corrected chi connectivity index (χ0v) is 14.1. The molecule has 0 fully saturated rings. The molecule has 0 radical (unpaired) electrons. The van der Waals surface area contributed by atoms with Gasteiger partial charge in [-0.1, -0.05) is 25.4 Å². The van der Waals surface area contributed by atoms with Gasteiger partial charge >= 0.3 is 0 Å². The Bertz CT molecular complexity index is 547. The molecule has 0 aromatic heterocycles. The molecule has 0 amide bonds. The monoisotopic (exact) mass is 368 g/mol. The molecule has 0 saturated heterocycles. The molecule has 108 valence electrons. The Morgan fingerprint density at radius 1 is 1.42 bits per heavy atom. The van der Waals surface area contributed by atoms with Crippen LogP contribution in [-0.2, 0) is 10.0 Å². The zero-order valence-electron chi connectivity index (χ0n) is 10.9.